The minimum absolute atomic E-state index is 0.0978. The lowest BCUT2D eigenvalue weighted by Gasteiger charge is -2.27. The Morgan fingerprint density at radius 1 is 1.14 bits per heavy atom. The number of nitrogens with zero attached hydrogens (tertiary/aromatic N) is 1. The molecule has 8 nitrogen and oxygen atoms in total. The van der Waals surface area contributed by atoms with Gasteiger partial charge < -0.3 is 15.8 Å². The highest BCUT2D eigenvalue weighted by Crippen LogP contribution is 2.33. The molecule has 0 saturated carbocycles. The maximum atomic E-state index is 13.4. The van der Waals surface area contributed by atoms with Crippen molar-refractivity contribution in [2.75, 3.05) is 13.2 Å². The molecule has 1 unspecified atom stereocenters. The summed E-state index contributed by atoms with van der Waals surface area (Å²) in [5.74, 6) is -1.28. The lowest BCUT2D eigenvalue weighted by atomic mass is 9.83. The Hall–Kier alpha value is -3.68. The Kier molecular flexibility index (Phi) is 5.63. The van der Waals surface area contributed by atoms with Crippen LogP contribution in [0.2, 0.25) is 0 Å². The zero-order valence-electron chi connectivity index (χ0n) is 16.0. The van der Waals surface area contributed by atoms with Crippen LogP contribution in [-0.4, -0.2) is 41.8 Å². The number of esters is 1. The maximum Gasteiger partial charge on any atom is 0.326 e. The maximum absolute atomic E-state index is 13.4. The number of carbonyl (C=O) groups excluding carboxylic acids is 3. The molecule has 3 amide bonds. The summed E-state index contributed by atoms with van der Waals surface area (Å²) in [4.78, 5) is 38.7. The molecule has 0 aromatic heterocycles. The number of hydrogen-bond donors (Lipinski definition) is 3. The average molecular weight is 394 g/mol. The van der Waals surface area contributed by atoms with E-state index in [-0.39, 0.29) is 18.9 Å². The van der Waals surface area contributed by atoms with E-state index in [0.29, 0.717) is 11.1 Å². The molecule has 2 aromatic carbocycles. The smallest absolute Gasteiger partial charge is 0.326 e. The highest BCUT2D eigenvalue weighted by molar-refractivity contribution is 6.09. The molecule has 1 aliphatic heterocycles. The van der Waals surface area contributed by atoms with Gasteiger partial charge in [-0.05, 0) is 18.1 Å². The van der Waals surface area contributed by atoms with Gasteiger partial charge in [0.15, 0.2) is 5.54 Å². The van der Waals surface area contributed by atoms with Crippen molar-refractivity contribution in [2.45, 2.75) is 18.9 Å². The molecule has 150 valence electrons. The van der Waals surface area contributed by atoms with E-state index in [1.54, 1.807) is 31.2 Å². The Balaban J connectivity index is 2.01. The van der Waals surface area contributed by atoms with Crippen molar-refractivity contribution < 1.29 is 19.1 Å². The van der Waals surface area contributed by atoms with Gasteiger partial charge in [-0.15, -0.1) is 0 Å². The molecular weight excluding hydrogens is 372 g/mol. The number of nitrogens with two attached hydrogens (primary N) is 1. The molecular formula is C21H22N4O4. The molecule has 0 aliphatic carbocycles. The average Bonchev–Trinajstić information content (AvgIpc) is 2.94. The number of urea groups is 1. The van der Waals surface area contributed by atoms with Gasteiger partial charge in [-0.1, -0.05) is 54.6 Å². The molecule has 1 aliphatic rings. The van der Waals surface area contributed by atoms with Crippen molar-refractivity contribution in [1.82, 2.24) is 10.2 Å². The number of amidine groups is 1. The second kappa shape index (κ2) is 8.14. The molecule has 4 N–H and O–H groups in total. The lowest BCUT2D eigenvalue weighted by Crippen LogP contribution is -2.46. The topological polar surface area (TPSA) is 126 Å². The number of nitrogens with one attached hydrogen (secondary N) is 2. The van der Waals surface area contributed by atoms with Crippen LogP contribution in [0.4, 0.5) is 4.79 Å². The summed E-state index contributed by atoms with van der Waals surface area (Å²) < 4.78 is 4.88. The van der Waals surface area contributed by atoms with Gasteiger partial charge in [0.25, 0.3) is 5.91 Å². The number of benzene rings is 2. The second-order valence-electron chi connectivity index (χ2n) is 6.69. The van der Waals surface area contributed by atoms with Gasteiger partial charge in [-0.2, -0.15) is 0 Å². The Bertz CT molecular complexity index is 943. The molecule has 0 bridgehead atoms. The van der Waals surface area contributed by atoms with Crippen molar-refractivity contribution >= 4 is 23.7 Å². The van der Waals surface area contributed by atoms with Crippen molar-refractivity contribution in [3.8, 4) is 0 Å². The first kappa shape index (κ1) is 20.1. The first-order valence-corrected chi connectivity index (χ1v) is 9.16. The molecule has 1 saturated heterocycles. The zero-order valence-corrected chi connectivity index (χ0v) is 16.0. The van der Waals surface area contributed by atoms with E-state index in [0.717, 1.165) is 10.5 Å². The Morgan fingerprint density at radius 2 is 1.79 bits per heavy atom. The molecule has 29 heavy (non-hydrogen) atoms. The number of ether oxygens (including phenoxy) is 1. The highest BCUT2D eigenvalue weighted by atomic mass is 16.5. The highest BCUT2D eigenvalue weighted by Gasteiger charge is 2.52. The lowest BCUT2D eigenvalue weighted by molar-refractivity contribution is -0.147. The van der Waals surface area contributed by atoms with Gasteiger partial charge in [0.05, 0.1) is 6.61 Å². The van der Waals surface area contributed by atoms with Crippen LogP contribution >= 0.6 is 0 Å². The predicted molar refractivity (Wildman–Crippen MR) is 106 cm³/mol. The fraction of sp³-hybridized carbons (Fsp3) is 0.238. The van der Waals surface area contributed by atoms with Crippen LogP contribution < -0.4 is 11.1 Å². The Morgan fingerprint density at radius 3 is 2.38 bits per heavy atom. The van der Waals surface area contributed by atoms with E-state index in [4.69, 9.17) is 15.9 Å². The van der Waals surface area contributed by atoms with Gasteiger partial charge in [-0.25, -0.2) is 4.79 Å². The van der Waals surface area contributed by atoms with Crippen LogP contribution in [0, 0.1) is 5.41 Å². The number of imide groups is 1. The normalized spacial score (nSPS) is 18.4. The first-order valence-electron chi connectivity index (χ1n) is 9.16. The fourth-order valence-electron chi connectivity index (χ4n) is 3.36. The second-order valence-corrected chi connectivity index (χ2v) is 6.69. The number of hydrogen-bond acceptors (Lipinski definition) is 5. The molecule has 0 radical (unpaired) electrons. The van der Waals surface area contributed by atoms with Crippen LogP contribution in [0.5, 0.6) is 0 Å². The van der Waals surface area contributed by atoms with Gasteiger partial charge in [0.1, 0.15) is 12.4 Å². The van der Waals surface area contributed by atoms with Crippen LogP contribution in [-0.2, 0) is 26.3 Å². The number of carbonyl (C=O) groups is 3. The summed E-state index contributed by atoms with van der Waals surface area (Å²) in [5.41, 5.74) is 6.02. The zero-order chi connectivity index (χ0) is 21.0. The van der Waals surface area contributed by atoms with E-state index >= 15 is 0 Å². The molecule has 8 heteroatoms. The monoisotopic (exact) mass is 394 g/mol. The number of amides is 3. The van der Waals surface area contributed by atoms with Crippen LogP contribution in [0.1, 0.15) is 23.6 Å². The van der Waals surface area contributed by atoms with Gasteiger partial charge in [-0.3, -0.25) is 19.9 Å². The van der Waals surface area contributed by atoms with Crippen molar-refractivity contribution in [3.63, 3.8) is 0 Å². The van der Waals surface area contributed by atoms with Crippen molar-refractivity contribution in [2.24, 2.45) is 5.73 Å². The molecule has 3 rings (SSSR count). The van der Waals surface area contributed by atoms with E-state index in [9.17, 15) is 14.4 Å². The van der Waals surface area contributed by atoms with E-state index in [1.807, 2.05) is 30.3 Å². The minimum atomic E-state index is -1.37. The van der Waals surface area contributed by atoms with Gasteiger partial charge in [0.2, 0.25) is 0 Å². The number of nitrogen functional groups attached to an aromatic ring is 1. The van der Waals surface area contributed by atoms with E-state index in [2.05, 4.69) is 5.32 Å². The quantitative estimate of drug-likeness (QED) is 0.284. The van der Waals surface area contributed by atoms with Crippen LogP contribution in [0.25, 0.3) is 0 Å². The van der Waals surface area contributed by atoms with Crippen molar-refractivity contribution in [1.29, 1.82) is 5.41 Å². The summed E-state index contributed by atoms with van der Waals surface area (Å²) in [7, 11) is 0. The number of rotatable bonds is 7. The summed E-state index contributed by atoms with van der Waals surface area (Å²) in [5, 5.41) is 10.3. The summed E-state index contributed by atoms with van der Waals surface area (Å²) in [6.45, 7) is 1.35. The van der Waals surface area contributed by atoms with Gasteiger partial charge >= 0.3 is 12.0 Å². The third-order valence-electron chi connectivity index (χ3n) is 4.77. The summed E-state index contributed by atoms with van der Waals surface area (Å²) in [6.07, 6.45) is 0.206. The first-order chi connectivity index (χ1) is 13.9. The van der Waals surface area contributed by atoms with E-state index < -0.39 is 30.0 Å². The van der Waals surface area contributed by atoms with Crippen LogP contribution in [0.15, 0.2) is 54.6 Å². The van der Waals surface area contributed by atoms with Crippen LogP contribution in [0.3, 0.4) is 0 Å². The van der Waals surface area contributed by atoms with Gasteiger partial charge in [0, 0.05) is 12.0 Å². The molecule has 0 spiro atoms. The predicted octanol–water partition coefficient (Wildman–Crippen LogP) is 1.52. The summed E-state index contributed by atoms with van der Waals surface area (Å²) >= 11 is 0. The SMILES string of the molecule is CCOC(=O)CN1C(=O)NC(Cc2ccccc2)(c2ccc(C(=N)N)cc2)C1=O. The standard InChI is InChI=1S/C21H22N4O4/c1-2-29-17(26)13-25-19(27)21(24-20(25)28,12-14-6-4-3-5-7-14)16-10-8-15(9-11-16)18(22)23/h3-11H,2,12-13H2,1H3,(H3,22,23)(H,24,28). The van der Waals surface area contributed by atoms with E-state index in [1.165, 1.54) is 0 Å². The molecule has 1 heterocycles. The molecule has 2 aromatic rings. The largest absolute Gasteiger partial charge is 0.465 e. The van der Waals surface area contributed by atoms with Crippen molar-refractivity contribution in [3.05, 3.63) is 71.3 Å². The third kappa shape index (κ3) is 3.96. The summed E-state index contributed by atoms with van der Waals surface area (Å²) in [6, 6.07) is 15.2. The minimum Gasteiger partial charge on any atom is -0.465 e. The fourth-order valence-corrected chi connectivity index (χ4v) is 3.36. The molecule has 1 atom stereocenters. The third-order valence-corrected chi connectivity index (χ3v) is 4.77. The Labute approximate surface area is 168 Å². The molecule has 1 fully saturated rings.